The molecule has 0 aliphatic rings. The van der Waals surface area contributed by atoms with Gasteiger partial charge in [0.05, 0.1) is 4.90 Å². The van der Waals surface area contributed by atoms with Gasteiger partial charge in [0.25, 0.3) is 9.84 Å². The Morgan fingerprint density at radius 2 is 1.47 bits per heavy atom. The molecular formula is C7H4F3LiO3S. The molecule has 0 heterocycles. The summed E-state index contributed by atoms with van der Waals surface area (Å²) < 4.78 is 57.3. The van der Waals surface area contributed by atoms with Crippen molar-refractivity contribution in [1.29, 1.82) is 0 Å². The molecule has 0 N–H and O–H groups in total. The minimum absolute atomic E-state index is 0. The first-order valence-corrected chi connectivity index (χ1v) is 4.82. The van der Waals surface area contributed by atoms with E-state index in [1.807, 2.05) is 0 Å². The topological polar surface area (TPSA) is 57.2 Å². The predicted octanol–water partition coefficient (Wildman–Crippen LogP) is -1.94. The molecule has 3 nitrogen and oxygen atoms in total. The Morgan fingerprint density at radius 1 is 1.07 bits per heavy atom. The SMILES string of the molecule is O=S(=O)(c1ccc([O-])cc1)C(F)(F)F.[Li+]. The molecule has 0 radical (unpaired) electrons. The molecule has 78 valence electrons. The van der Waals surface area contributed by atoms with E-state index in [2.05, 4.69) is 0 Å². The monoisotopic (exact) mass is 232 g/mol. The van der Waals surface area contributed by atoms with E-state index >= 15 is 0 Å². The Balaban J connectivity index is 0.00000196. The first-order valence-electron chi connectivity index (χ1n) is 3.33. The molecule has 0 aliphatic heterocycles. The van der Waals surface area contributed by atoms with Crippen LogP contribution in [0.1, 0.15) is 0 Å². The minimum atomic E-state index is -5.34. The standard InChI is InChI=1S/C7H5F3O3S.Li/c8-7(9,10)14(12,13)6-3-1-5(11)2-4-6;/h1-4,11H;/q;+1/p-1. The molecule has 0 saturated heterocycles. The first-order chi connectivity index (χ1) is 6.25. The van der Waals surface area contributed by atoms with Gasteiger partial charge in [-0.15, -0.1) is 5.75 Å². The van der Waals surface area contributed by atoms with Gasteiger partial charge in [0, 0.05) is 0 Å². The Bertz CT molecular complexity index is 424. The van der Waals surface area contributed by atoms with E-state index in [1.54, 1.807) is 0 Å². The average Bonchev–Trinajstić information content (AvgIpc) is 2.03. The van der Waals surface area contributed by atoms with Crippen molar-refractivity contribution >= 4 is 9.84 Å². The summed E-state index contributed by atoms with van der Waals surface area (Å²) in [7, 11) is -5.33. The number of hydrogen-bond acceptors (Lipinski definition) is 3. The zero-order chi connectivity index (χ0) is 11.0. The summed E-state index contributed by atoms with van der Waals surface area (Å²) in [5.41, 5.74) is -5.34. The molecular weight excluding hydrogens is 228 g/mol. The third-order valence-electron chi connectivity index (χ3n) is 1.44. The maximum atomic E-state index is 12.0. The van der Waals surface area contributed by atoms with E-state index in [9.17, 15) is 26.7 Å². The number of sulfone groups is 1. The predicted molar refractivity (Wildman–Crippen MR) is 39.1 cm³/mol. The molecule has 0 fully saturated rings. The Morgan fingerprint density at radius 3 is 1.80 bits per heavy atom. The zero-order valence-corrected chi connectivity index (χ0v) is 8.39. The second-order valence-corrected chi connectivity index (χ2v) is 4.36. The molecule has 0 unspecified atom stereocenters. The third kappa shape index (κ3) is 2.90. The summed E-state index contributed by atoms with van der Waals surface area (Å²) in [5.74, 6) is -0.550. The van der Waals surface area contributed by atoms with E-state index in [0.717, 1.165) is 12.1 Å². The van der Waals surface area contributed by atoms with Gasteiger partial charge in [0.1, 0.15) is 0 Å². The van der Waals surface area contributed by atoms with Crippen LogP contribution in [0.4, 0.5) is 13.2 Å². The van der Waals surface area contributed by atoms with E-state index < -0.39 is 26.0 Å². The van der Waals surface area contributed by atoms with Crippen LogP contribution in [0.3, 0.4) is 0 Å². The van der Waals surface area contributed by atoms with Gasteiger partial charge in [0.2, 0.25) is 0 Å². The number of hydrogen-bond donors (Lipinski definition) is 0. The Hall–Kier alpha value is -0.643. The number of benzene rings is 1. The summed E-state index contributed by atoms with van der Waals surface area (Å²) in [4.78, 5) is -0.926. The number of halogens is 3. The Kier molecular flexibility index (Phi) is 4.28. The van der Waals surface area contributed by atoms with Crippen molar-refractivity contribution in [3.05, 3.63) is 24.3 Å². The van der Waals surface area contributed by atoms with Crippen LogP contribution in [0, 0.1) is 0 Å². The van der Waals surface area contributed by atoms with E-state index in [4.69, 9.17) is 0 Å². The Labute approximate surface area is 96.0 Å². The van der Waals surface area contributed by atoms with Crippen LogP contribution in [0.5, 0.6) is 5.75 Å². The molecule has 1 rings (SSSR count). The fourth-order valence-electron chi connectivity index (χ4n) is 0.752. The molecule has 0 bridgehead atoms. The third-order valence-corrected chi connectivity index (χ3v) is 2.94. The van der Waals surface area contributed by atoms with Gasteiger partial charge >= 0.3 is 24.4 Å². The van der Waals surface area contributed by atoms with Crippen molar-refractivity contribution in [3.8, 4) is 5.75 Å². The van der Waals surface area contributed by atoms with Crippen LogP contribution >= 0.6 is 0 Å². The van der Waals surface area contributed by atoms with Crippen LogP contribution in [0.2, 0.25) is 0 Å². The van der Waals surface area contributed by atoms with Crippen LogP contribution in [0.15, 0.2) is 29.2 Å². The van der Waals surface area contributed by atoms with Gasteiger partial charge in [-0.1, -0.05) is 12.1 Å². The van der Waals surface area contributed by atoms with E-state index in [0.29, 0.717) is 12.1 Å². The van der Waals surface area contributed by atoms with Gasteiger partial charge in [-0.3, -0.25) is 0 Å². The van der Waals surface area contributed by atoms with Gasteiger partial charge in [-0.25, -0.2) is 8.42 Å². The molecule has 0 aliphatic carbocycles. The smallest absolute Gasteiger partial charge is 0.872 e. The van der Waals surface area contributed by atoms with Crippen molar-refractivity contribution in [2.75, 3.05) is 0 Å². The minimum Gasteiger partial charge on any atom is -0.872 e. The molecule has 8 heteroatoms. The molecule has 0 atom stereocenters. The van der Waals surface area contributed by atoms with Crippen molar-refractivity contribution in [1.82, 2.24) is 0 Å². The van der Waals surface area contributed by atoms with Crippen molar-refractivity contribution in [2.45, 2.75) is 10.4 Å². The molecule has 0 amide bonds. The zero-order valence-electron chi connectivity index (χ0n) is 7.58. The van der Waals surface area contributed by atoms with Gasteiger partial charge in [-0.05, 0) is 12.1 Å². The summed E-state index contributed by atoms with van der Waals surface area (Å²) in [5, 5.41) is 10.5. The van der Waals surface area contributed by atoms with Crippen LogP contribution < -0.4 is 24.0 Å². The molecule has 0 aromatic heterocycles. The second-order valence-electron chi connectivity index (χ2n) is 2.42. The van der Waals surface area contributed by atoms with Crippen LogP contribution in [-0.4, -0.2) is 13.9 Å². The molecule has 1 aromatic carbocycles. The van der Waals surface area contributed by atoms with Crippen molar-refractivity contribution in [2.24, 2.45) is 0 Å². The summed E-state index contributed by atoms with van der Waals surface area (Å²) in [6.45, 7) is 0. The average molecular weight is 232 g/mol. The van der Waals surface area contributed by atoms with Crippen molar-refractivity contribution < 1.29 is 45.6 Å². The summed E-state index contributed by atoms with van der Waals surface area (Å²) >= 11 is 0. The maximum Gasteiger partial charge on any atom is 1.00 e. The molecule has 0 saturated carbocycles. The second kappa shape index (κ2) is 4.47. The van der Waals surface area contributed by atoms with E-state index in [1.165, 1.54) is 0 Å². The molecule has 1 aromatic rings. The summed E-state index contributed by atoms with van der Waals surface area (Å²) in [6.07, 6.45) is 0. The fourth-order valence-corrected chi connectivity index (χ4v) is 1.51. The maximum absolute atomic E-state index is 12.0. The fraction of sp³-hybridized carbons (Fsp3) is 0.143. The number of alkyl halides is 3. The van der Waals surface area contributed by atoms with Crippen LogP contribution in [-0.2, 0) is 9.84 Å². The van der Waals surface area contributed by atoms with Crippen molar-refractivity contribution in [3.63, 3.8) is 0 Å². The summed E-state index contributed by atoms with van der Waals surface area (Å²) in [6, 6.07) is 2.79. The normalized spacial score (nSPS) is 11.9. The quantitative estimate of drug-likeness (QED) is 0.529. The first kappa shape index (κ1) is 14.4. The van der Waals surface area contributed by atoms with Gasteiger partial charge < -0.3 is 5.11 Å². The number of rotatable bonds is 1. The van der Waals surface area contributed by atoms with Gasteiger partial charge in [-0.2, -0.15) is 13.2 Å². The molecule has 15 heavy (non-hydrogen) atoms. The van der Waals surface area contributed by atoms with E-state index in [-0.39, 0.29) is 18.9 Å². The van der Waals surface area contributed by atoms with Crippen LogP contribution in [0.25, 0.3) is 0 Å². The molecule has 0 spiro atoms. The largest absolute Gasteiger partial charge is 1.00 e. The van der Waals surface area contributed by atoms with Gasteiger partial charge in [0.15, 0.2) is 0 Å².